The molecular formula is C22H32N4O3. The largest absolute Gasteiger partial charge is 0.507 e. The Bertz CT molecular complexity index is 851. The summed E-state index contributed by atoms with van der Waals surface area (Å²) in [5.41, 5.74) is 0.985. The minimum absolute atomic E-state index is 0.0499. The van der Waals surface area contributed by atoms with Crippen molar-refractivity contribution in [2.75, 3.05) is 19.8 Å². The number of unbranched alkanes of at least 4 members (excludes halogenated alkanes) is 1. The fourth-order valence-corrected chi connectivity index (χ4v) is 5.05. The van der Waals surface area contributed by atoms with Gasteiger partial charge in [0, 0.05) is 24.2 Å². The van der Waals surface area contributed by atoms with Crippen molar-refractivity contribution >= 4 is 16.8 Å². The predicted molar refractivity (Wildman–Crippen MR) is 112 cm³/mol. The van der Waals surface area contributed by atoms with E-state index in [0.29, 0.717) is 28.7 Å². The van der Waals surface area contributed by atoms with Crippen molar-refractivity contribution in [3.05, 3.63) is 23.9 Å². The van der Waals surface area contributed by atoms with Crippen LogP contribution in [0.1, 0.15) is 56.9 Å². The van der Waals surface area contributed by atoms with Crippen LogP contribution >= 0.6 is 0 Å². The number of amides is 1. The number of H-pyrrole nitrogens is 1. The normalized spacial score (nSPS) is 24.9. The molecule has 2 fully saturated rings. The number of rotatable bonds is 6. The average molecular weight is 401 g/mol. The topological polar surface area (TPSA) is 81.7 Å². The summed E-state index contributed by atoms with van der Waals surface area (Å²) in [5.74, 6) is -0.0262. The lowest BCUT2D eigenvalue weighted by molar-refractivity contribution is -0.0936. The number of hydrogen-bond donors (Lipinski definition) is 2. The molecular weight excluding hydrogens is 368 g/mol. The molecule has 0 saturated carbocycles. The number of phenolic OH excluding ortho intramolecular Hbond substituents is 1. The van der Waals surface area contributed by atoms with E-state index < -0.39 is 0 Å². The Balaban J connectivity index is 1.60. The van der Waals surface area contributed by atoms with E-state index in [1.54, 1.807) is 12.1 Å². The predicted octanol–water partition coefficient (Wildman–Crippen LogP) is 3.15. The highest BCUT2D eigenvalue weighted by Crippen LogP contribution is 2.34. The monoisotopic (exact) mass is 400 g/mol. The van der Waals surface area contributed by atoms with Gasteiger partial charge in [-0.1, -0.05) is 19.4 Å². The van der Waals surface area contributed by atoms with Gasteiger partial charge >= 0.3 is 0 Å². The van der Waals surface area contributed by atoms with Crippen molar-refractivity contribution in [3.63, 3.8) is 0 Å². The summed E-state index contributed by atoms with van der Waals surface area (Å²) in [6, 6.07) is 6.09. The average Bonchev–Trinajstić information content (AvgIpc) is 3.11. The lowest BCUT2D eigenvalue weighted by Crippen LogP contribution is -2.62. The van der Waals surface area contributed by atoms with Gasteiger partial charge in [-0.15, -0.1) is 0 Å². The van der Waals surface area contributed by atoms with Gasteiger partial charge in [-0.05, 0) is 51.8 Å². The Kier molecular flexibility index (Phi) is 5.79. The highest BCUT2D eigenvalue weighted by molar-refractivity contribution is 6.07. The number of morpholine rings is 1. The molecule has 29 heavy (non-hydrogen) atoms. The third-order valence-electron chi connectivity index (χ3n) is 6.37. The van der Waals surface area contributed by atoms with E-state index in [1.165, 1.54) is 12.8 Å². The molecule has 4 rings (SSSR count). The van der Waals surface area contributed by atoms with Gasteiger partial charge in [0.25, 0.3) is 5.91 Å². The Morgan fingerprint density at radius 3 is 2.72 bits per heavy atom. The number of aromatic amines is 1. The van der Waals surface area contributed by atoms with E-state index >= 15 is 0 Å². The molecule has 1 aromatic heterocycles. The van der Waals surface area contributed by atoms with Gasteiger partial charge in [0.05, 0.1) is 24.1 Å². The Labute approximate surface area is 172 Å². The first-order valence-electron chi connectivity index (χ1n) is 10.8. The first kappa shape index (κ1) is 20.2. The lowest BCUT2D eigenvalue weighted by atomic mass is 9.88. The molecule has 2 aliphatic rings. The van der Waals surface area contributed by atoms with Crippen molar-refractivity contribution in [1.82, 2.24) is 20.0 Å². The number of phenols is 1. The molecule has 2 bridgehead atoms. The number of ether oxygens (including phenoxy) is 1. The molecule has 158 valence electrons. The molecule has 7 heteroatoms. The smallest absolute Gasteiger partial charge is 0.275 e. The van der Waals surface area contributed by atoms with Crippen molar-refractivity contribution in [1.29, 1.82) is 0 Å². The zero-order chi connectivity index (χ0) is 20.5. The van der Waals surface area contributed by atoms with Gasteiger partial charge in [-0.3, -0.25) is 14.8 Å². The number of carbonyl (C=O) groups is 1. The summed E-state index contributed by atoms with van der Waals surface area (Å²) in [6.07, 6.45) is 4.21. The summed E-state index contributed by atoms with van der Waals surface area (Å²) in [7, 11) is 0. The Morgan fingerprint density at radius 1 is 1.34 bits per heavy atom. The molecule has 1 amide bonds. The summed E-state index contributed by atoms with van der Waals surface area (Å²) in [5, 5.41) is 18.0. The molecule has 2 aromatic rings. The first-order chi connectivity index (χ1) is 14.0. The summed E-state index contributed by atoms with van der Waals surface area (Å²) >= 11 is 0. The van der Waals surface area contributed by atoms with Crippen LogP contribution in [0.3, 0.4) is 0 Å². The molecule has 7 nitrogen and oxygen atoms in total. The number of benzene rings is 1. The van der Waals surface area contributed by atoms with Crippen molar-refractivity contribution in [2.45, 2.75) is 70.6 Å². The van der Waals surface area contributed by atoms with Gasteiger partial charge in [0.2, 0.25) is 0 Å². The van der Waals surface area contributed by atoms with E-state index in [1.807, 2.05) is 11.0 Å². The Morgan fingerprint density at radius 2 is 2.07 bits per heavy atom. The van der Waals surface area contributed by atoms with Crippen molar-refractivity contribution in [3.8, 4) is 5.75 Å². The van der Waals surface area contributed by atoms with Gasteiger partial charge in [-0.25, -0.2) is 0 Å². The van der Waals surface area contributed by atoms with Gasteiger partial charge < -0.3 is 14.7 Å². The molecule has 0 spiro atoms. The highest BCUT2D eigenvalue weighted by Gasteiger charge is 2.42. The molecule has 2 aliphatic heterocycles. The minimum atomic E-state index is -0.112. The zero-order valence-electron chi connectivity index (χ0n) is 17.6. The van der Waals surface area contributed by atoms with Crippen LogP contribution in [-0.4, -0.2) is 74.9 Å². The zero-order valence-corrected chi connectivity index (χ0v) is 17.6. The lowest BCUT2D eigenvalue weighted by Gasteiger charge is -2.51. The maximum absolute atomic E-state index is 13.6. The molecule has 0 aliphatic carbocycles. The number of aromatic hydroxyl groups is 1. The number of aromatic nitrogens is 2. The van der Waals surface area contributed by atoms with E-state index in [9.17, 15) is 9.90 Å². The van der Waals surface area contributed by atoms with E-state index in [-0.39, 0.29) is 23.7 Å². The fraction of sp³-hybridized carbons (Fsp3) is 0.636. The van der Waals surface area contributed by atoms with Crippen LogP contribution in [-0.2, 0) is 4.74 Å². The van der Waals surface area contributed by atoms with Crippen LogP contribution in [0.25, 0.3) is 10.9 Å². The van der Waals surface area contributed by atoms with Crippen LogP contribution in [0.2, 0.25) is 0 Å². The molecule has 1 aromatic carbocycles. The summed E-state index contributed by atoms with van der Waals surface area (Å²) in [6.45, 7) is 8.92. The molecule has 0 radical (unpaired) electrons. The second kappa shape index (κ2) is 8.32. The van der Waals surface area contributed by atoms with Crippen LogP contribution < -0.4 is 0 Å². The van der Waals surface area contributed by atoms with Gasteiger partial charge in [-0.2, -0.15) is 5.10 Å². The molecule has 3 heterocycles. The molecule has 2 saturated heterocycles. The second-order valence-electron chi connectivity index (χ2n) is 8.64. The first-order valence-corrected chi connectivity index (χ1v) is 10.8. The SMILES string of the molecule is CCCCN1C2COCC1CC(N(C(=O)c1n[nH]c3cccc(O)c13)C(C)C)C2. The number of carbonyl (C=O) groups excluding carboxylic acids is 1. The fourth-order valence-electron chi connectivity index (χ4n) is 5.05. The van der Waals surface area contributed by atoms with Gasteiger partial charge in [0.15, 0.2) is 5.69 Å². The number of nitrogens with one attached hydrogen (secondary N) is 1. The van der Waals surface area contributed by atoms with E-state index in [0.717, 1.165) is 32.6 Å². The quantitative estimate of drug-likeness (QED) is 0.778. The minimum Gasteiger partial charge on any atom is -0.507 e. The molecule has 2 unspecified atom stereocenters. The van der Waals surface area contributed by atoms with Gasteiger partial charge in [0.1, 0.15) is 5.75 Å². The standard InChI is InChI=1S/C22H32N4O3/c1-4-5-9-25-16-10-15(11-17(25)13-29-12-16)26(14(2)3)22(28)21-20-18(23-24-21)7-6-8-19(20)27/h6-8,14-17,27H,4-5,9-13H2,1-3H3,(H,23,24). The third-order valence-corrected chi connectivity index (χ3v) is 6.37. The molecule has 2 N–H and O–H groups in total. The Hall–Kier alpha value is -2.12. The molecule has 2 atom stereocenters. The van der Waals surface area contributed by atoms with Crippen LogP contribution in [0.15, 0.2) is 18.2 Å². The van der Waals surface area contributed by atoms with E-state index in [4.69, 9.17) is 4.74 Å². The maximum atomic E-state index is 13.6. The number of nitrogens with zero attached hydrogens (tertiary/aromatic N) is 3. The number of piperidine rings is 1. The van der Waals surface area contributed by atoms with E-state index in [2.05, 4.69) is 35.9 Å². The summed E-state index contributed by atoms with van der Waals surface area (Å²) < 4.78 is 5.85. The van der Waals surface area contributed by atoms with Crippen LogP contribution in [0.4, 0.5) is 0 Å². The highest BCUT2D eigenvalue weighted by atomic mass is 16.5. The number of fused-ring (bicyclic) bond motifs is 3. The van der Waals surface area contributed by atoms with Crippen LogP contribution in [0, 0.1) is 0 Å². The van der Waals surface area contributed by atoms with Crippen molar-refractivity contribution < 1.29 is 14.6 Å². The van der Waals surface area contributed by atoms with Crippen molar-refractivity contribution in [2.24, 2.45) is 0 Å². The van der Waals surface area contributed by atoms with Crippen LogP contribution in [0.5, 0.6) is 5.75 Å². The second-order valence-corrected chi connectivity index (χ2v) is 8.64. The number of hydrogen-bond acceptors (Lipinski definition) is 5. The third kappa shape index (κ3) is 3.73. The summed E-state index contributed by atoms with van der Waals surface area (Å²) in [4.78, 5) is 18.1. The maximum Gasteiger partial charge on any atom is 0.275 e.